The lowest BCUT2D eigenvalue weighted by Gasteiger charge is -2.15. The van der Waals surface area contributed by atoms with Gasteiger partial charge >= 0.3 is 0 Å². The van der Waals surface area contributed by atoms with E-state index in [1.54, 1.807) is 7.11 Å². The van der Waals surface area contributed by atoms with E-state index in [-0.39, 0.29) is 6.10 Å². The van der Waals surface area contributed by atoms with Crippen LogP contribution in [0.5, 0.6) is 5.75 Å². The topological polar surface area (TPSA) is 30.5 Å². The summed E-state index contributed by atoms with van der Waals surface area (Å²) in [5, 5.41) is 3.23. The summed E-state index contributed by atoms with van der Waals surface area (Å²) in [7, 11) is 1.72. The highest BCUT2D eigenvalue weighted by Crippen LogP contribution is 2.14. The van der Waals surface area contributed by atoms with Gasteiger partial charge in [-0.25, -0.2) is 0 Å². The molecule has 0 spiro atoms. The Hall–Kier alpha value is -1.32. The molecule has 100 valence electrons. The molecule has 0 bridgehead atoms. The Bertz CT molecular complexity index is 335. The molecule has 0 aromatic heterocycles. The van der Waals surface area contributed by atoms with Crippen molar-refractivity contribution < 1.29 is 9.47 Å². The molecule has 0 fully saturated rings. The van der Waals surface area contributed by atoms with Gasteiger partial charge in [0.2, 0.25) is 0 Å². The minimum atomic E-state index is 0.148. The molecule has 0 amide bonds. The highest BCUT2D eigenvalue weighted by atomic mass is 16.5. The fourth-order valence-corrected chi connectivity index (χ4v) is 1.62. The van der Waals surface area contributed by atoms with Crippen LogP contribution in [-0.4, -0.2) is 32.9 Å². The predicted molar refractivity (Wildman–Crippen MR) is 75.2 cm³/mol. The molecular formula is C15H23NO2. The van der Waals surface area contributed by atoms with Gasteiger partial charge in [-0.3, -0.25) is 0 Å². The molecule has 0 aliphatic rings. The van der Waals surface area contributed by atoms with Crippen molar-refractivity contribution in [1.82, 2.24) is 5.32 Å². The van der Waals surface area contributed by atoms with Crippen molar-refractivity contribution in [2.75, 3.05) is 26.8 Å². The van der Waals surface area contributed by atoms with Crippen molar-refractivity contribution in [2.45, 2.75) is 19.4 Å². The maximum atomic E-state index is 5.79. The highest BCUT2D eigenvalue weighted by molar-refractivity contribution is 5.27. The Balaban J connectivity index is 2.35. The highest BCUT2D eigenvalue weighted by Gasteiger charge is 2.03. The molecule has 0 saturated heterocycles. The van der Waals surface area contributed by atoms with Crippen LogP contribution in [0, 0.1) is 0 Å². The smallest absolute Gasteiger partial charge is 0.119 e. The Morgan fingerprint density at radius 3 is 2.67 bits per heavy atom. The SMILES string of the molecule is C=CCNCC(C)Oc1ccc(CCOC)cc1. The second-order valence-corrected chi connectivity index (χ2v) is 4.26. The molecule has 1 atom stereocenters. The fourth-order valence-electron chi connectivity index (χ4n) is 1.62. The molecule has 0 aliphatic carbocycles. The predicted octanol–water partition coefficient (Wildman–Crippen LogP) is 2.42. The van der Waals surface area contributed by atoms with E-state index in [4.69, 9.17) is 9.47 Å². The first-order valence-electron chi connectivity index (χ1n) is 6.32. The largest absolute Gasteiger partial charge is 0.489 e. The van der Waals surface area contributed by atoms with Crippen molar-refractivity contribution >= 4 is 0 Å². The van der Waals surface area contributed by atoms with E-state index in [9.17, 15) is 0 Å². The molecule has 1 N–H and O–H groups in total. The number of hydrogen-bond donors (Lipinski definition) is 1. The van der Waals surface area contributed by atoms with Gasteiger partial charge in [0.1, 0.15) is 11.9 Å². The van der Waals surface area contributed by atoms with Gasteiger partial charge in [0.15, 0.2) is 0 Å². The zero-order valence-electron chi connectivity index (χ0n) is 11.3. The van der Waals surface area contributed by atoms with Gasteiger partial charge in [-0.1, -0.05) is 18.2 Å². The van der Waals surface area contributed by atoms with Gasteiger partial charge in [-0.05, 0) is 31.0 Å². The standard InChI is InChI=1S/C15H23NO2/c1-4-10-16-12-13(2)18-15-7-5-14(6-8-15)9-11-17-3/h4-8,13,16H,1,9-12H2,2-3H3. The summed E-state index contributed by atoms with van der Waals surface area (Å²) in [6.07, 6.45) is 2.93. The summed E-state index contributed by atoms with van der Waals surface area (Å²) in [5.41, 5.74) is 1.27. The molecule has 1 unspecified atom stereocenters. The van der Waals surface area contributed by atoms with E-state index in [1.165, 1.54) is 5.56 Å². The molecular weight excluding hydrogens is 226 g/mol. The van der Waals surface area contributed by atoms with Crippen molar-refractivity contribution in [2.24, 2.45) is 0 Å². The van der Waals surface area contributed by atoms with Crippen molar-refractivity contribution in [3.63, 3.8) is 0 Å². The van der Waals surface area contributed by atoms with Crippen LogP contribution < -0.4 is 10.1 Å². The summed E-state index contributed by atoms with van der Waals surface area (Å²) in [5.74, 6) is 0.907. The summed E-state index contributed by atoms with van der Waals surface area (Å²) in [4.78, 5) is 0. The van der Waals surface area contributed by atoms with E-state index in [2.05, 4.69) is 31.0 Å². The van der Waals surface area contributed by atoms with Crippen LogP contribution in [0.3, 0.4) is 0 Å². The van der Waals surface area contributed by atoms with E-state index in [0.29, 0.717) is 0 Å². The van der Waals surface area contributed by atoms with Crippen LogP contribution in [0.1, 0.15) is 12.5 Å². The quantitative estimate of drug-likeness (QED) is 0.538. The van der Waals surface area contributed by atoms with Crippen molar-refractivity contribution in [3.8, 4) is 5.75 Å². The van der Waals surface area contributed by atoms with Crippen LogP contribution in [0.4, 0.5) is 0 Å². The lowest BCUT2D eigenvalue weighted by atomic mass is 10.1. The first-order valence-corrected chi connectivity index (χ1v) is 6.32. The Morgan fingerprint density at radius 2 is 2.06 bits per heavy atom. The molecule has 0 heterocycles. The second-order valence-electron chi connectivity index (χ2n) is 4.26. The van der Waals surface area contributed by atoms with Crippen LogP contribution in [0.15, 0.2) is 36.9 Å². The summed E-state index contributed by atoms with van der Waals surface area (Å²) in [6, 6.07) is 8.18. The molecule has 0 saturated carbocycles. The molecule has 3 heteroatoms. The average molecular weight is 249 g/mol. The van der Waals surface area contributed by atoms with Crippen molar-refractivity contribution in [3.05, 3.63) is 42.5 Å². The third-order valence-corrected chi connectivity index (χ3v) is 2.58. The molecule has 1 rings (SSSR count). The molecule has 0 aliphatic heterocycles. The van der Waals surface area contributed by atoms with E-state index >= 15 is 0 Å². The van der Waals surface area contributed by atoms with E-state index in [0.717, 1.165) is 31.9 Å². The maximum absolute atomic E-state index is 5.79. The summed E-state index contributed by atoms with van der Waals surface area (Å²) >= 11 is 0. The van der Waals surface area contributed by atoms with Crippen LogP contribution in [0.25, 0.3) is 0 Å². The van der Waals surface area contributed by atoms with E-state index < -0.39 is 0 Å². The summed E-state index contributed by atoms with van der Waals surface area (Å²) < 4.78 is 10.8. The van der Waals surface area contributed by atoms with Crippen LogP contribution in [0.2, 0.25) is 0 Å². The lowest BCUT2D eigenvalue weighted by Crippen LogP contribution is -2.28. The maximum Gasteiger partial charge on any atom is 0.119 e. The van der Waals surface area contributed by atoms with Crippen molar-refractivity contribution in [1.29, 1.82) is 0 Å². The normalized spacial score (nSPS) is 12.1. The zero-order chi connectivity index (χ0) is 13.2. The van der Waals surface area contributed by atoms with Crippen LogP contribution in [-0.2, 0) is 11.2 Å². The summed E-state index contributed by atoms with van der Waals surface area (Å²) in [6.45, 7) is 8.09. The Morgan fingerprint density at radius 1 is 1.33 bits per heavy atom. The van der Waals surface area contributed by atoms with Gasteiger partial charge in [0.25, 0.3) is 0 Å². The fraction of sp³-hybridized carbons (Fsp3) is 0.467. The molecule has 1 aromatic carbocycles. The first kappa shape index (κ1) is 14.7. The monoisotopic (exact) mass is 249 g/mol. The number of nitrogens with one attached hydrogen (secondary N) is 1. The van der Waals surface area contributed by atoms with Gasteiger partial charge in [0.05, 0.1) is 6.61 Å². The number of ether oxygens (including phenoxy) is 2. The van der Waals surface area contributed by atoms with Gasteiger partial charge in [-0.2, -0.15) is 0 Å². The van der Waals surface area contributed by atoms with Gasteiger partial charge in [-0.15, -0.1) is 6.58 Å². The minimum Gasteiger partial charge on any atom is -0.489 e. The zero-order valence-corrected chi connectivity index (χ0v) is 11.3. The molecule has 3 nitrogen and oxygen atoms in total. The third-order valence-electron chi connectivity index (χ3n) is 2.58. The second kappa shape index (κ2) is 8.72. The van der Waals surface area contributed by atoms with Crippen LogP contribution >= 0.6 is 0 Å². The number of benzene rings is 1. The Kier molecular flexibility index (Phi) is 7.14. The Labute approximate surface area is 110 Å². The number of hydrogen-bond acceptors (Lipinski definition) is 3. The minimum absolute atomic E-state index is 0.148. The molecule has 0 radical (unpaired) electrons. The molecule has 18 heavy (non-hydrogen) atoms. The first-order chi connectivity index (χ1) is 8.76. The number of methoxy groups -OCH3 is 1. The average Bonchev–Trinajstić information content (AvgIpc) is 2.38. The third kappa shape index (κ3) is 5.84. The molecule has 1 aromatic rings. The number of rotatable bonds is 9. The lowest BCUT2D eigenvalue weighted by molar-refractivity contribution is 0.202. The van der Waals surface area contributed by atoms with E-state index in [1.807, 2.05) is 18.2 Å². The van der Waals surface area contributed by atoms with Gasteiger partial charge < -0.3 is 14.8 Å². The van der Waals surface area contributed by atoms with Gasteiger partial charge in [0, 0.05) is 20.2 Å².